The third-order valence-electron chi connectivity index (χ3n) is 3.40. The van der Waals surface area contributed by atoms with Crippen molar-refractivity contribution >= 4 is 21.7 Å². The Balaban J connectivity index is 2.01. The summed E-state index contributed by atoms with van der Waals surface area (Å²) >= 11 is 3.47. The highest BCUT2D eigenvalue weighted by Gasteiger charge is 2.13. The van der Waals surface area contributed by atoms with Crippen LogP contribution in [0.15, 0.2) is 40.9 Å². The highest BCUT2D eigenvalue weighted by Crippen LogP contribution is 2.19. The monoisotopic (exact) mass is 346 g/mol. The zero-order chi connectivity index (χ0) is 15.4. The van der Waals surface area contributed by atoms with E-state index in [2.05, 4.69) is 15.9 Å². The molecular formula is C18H19BrO2. The first-order valence-corrected chi connectivity index (χ1v) is 7.70. The Morgan fingerprint density at radius 1 is 1.10 bits per heavy atom. The van der Waals surface area contributed by atoms with Gasteiger partial charge in [0.2, 0.25) is 0 Å². The van der Waals surface area contributed by atoms with Crippen LogP contribution in [-0.2, 0) is 11.3 Å². The zero-order valence-corrected chi connectivity index (χ0v) is 14.2. The van der Waals surface area contributed by atoms with E-state index < -0.39 is 0 Å². The lowest BCUT2D eigenvalue weighted by atomic mass is 9.97. The van der Waals surface area contributed by atoms with Crippen LogP contribution in [0.1, 0.15) is 32.6 Å². The molecule has 0 heterocycles. The van der Waals surface area contributed by atoms with Crippen molar-refractivity contribution in [2.75, 3.05) is 6.61 Å². The van der Waals surface area contributed by atoms with E-state index in [4.69, 9.17) is 4.74 Å². The number of ketones is 1. The molecule has 2 aromatic rings. The summed E-state index contributed by atoms with van der Waals surface area (Å²) in [5, 5.41) is 0. The number of hydrogen-bond acceptors (Lipinski definition) is 2. The van der Waals surface area contributed by atoms with Crippen LogP contribution in [0, 0.1) is 20.8 Å². The zero-order valence-electron chi connectivity index (χ0n) is 12.6. The molecule has 0 radical (unpaired) electrons. The molecular weight excluding hydrogens is 328 g/mol. The quantitative estimate of drug-likeness (QED) is 0.728. The number of ether oxygens (including phenoxy) is 1. The van der Waals surface area contributed by atoms with Crippen LogP contribution in [-0.4, -0.2) is 12.4 Å². The van der Waals surface area contributed by atoms with E-state index in [0.717, 1.165) is 26.7 Å². The van der Waals surface area contributed by atoms with Gasteiger partial charge in [0.05, 0.1) is 6.61 Å². The van der Waals surface area contributed by atoms with Gasteiger partial charge >= 0.3 is 0 Å². The molecule has 0 N–H and O–H groups in total. The summed E-state index contributed by atoms with van der Waals surface area (Å²) in [6, 6.07) is 11.9. The van der Waals surface area contributed by atoms with E-state index in [1.807, 2.05) is 57.2 Å². The first-order valence-electron chi connectivity index (χ1n) is 6.91. The van der Waals surface area contributed by atoms with Crippen molar-refractivity contribution < 1.29 is 9.53 Å². The van der Waals surface area contributed by atoms with Crippen LogP contribution in [0.3, 0.4) is 0 Å². The molecule has 0 fully saturated rings. The van der Waals surface area contributed by atoms with Gasteiger partial charge in [-0.1, -0.05) is 51.8 Å². The molecule has 0 spiro atoms. The van der Waals surface area contributed by atoms with Gasteiger partial charge < -0.3 is 4.74 Å². The molecule has 21 heavy (non-hydrogen) atoms. The van der Waals surface area contributed by atoms with Crippen LogP contribution in [0.2, 0.25) is 0 Å². The molecule has 0 saturated heterocycles. The first-order chi connectivity index (χ1) is 9.99. The molecule has 0 atom stereocenters. The summed E-state index contributed by atoms with van der Waals surface area (Å²) < 4.78 is 6.58. The molecule has 2 aromatic carbocycles. The normalized spacial score (nSPS) is 10.7. The first kappa shape index (κ1) is 15.9. The minimum Gasteiger partial charge on any atom is -0.369 e. The number of aryl methyl sites for hydroxylation is 3. The van der Waals surface area contributed by atoms with Gasteiger partial charge in [-0.15, -0.1) is 0 Å². The molecule has 2 nitrogen and oxygen atoms in total. The summed E-state index contributed by atoms with van der Waals surface area (Å²) in [5.74, 6) is 0.0389. The molecule has 110 valence electrons. The molecule has 0 unspecified atom stereocenters. The number of carbonyl (C=O) groups excluding carboxylic acids is 1. The maximum absolute atomic E-state index is 12.3. The fourth-order valence-corrected chi connectivity index (χ4v) is 2.96. The van der Waals surface area contributed by atoms with E-state index in [1.54, 1.807) is 0 Å². The lowest BCUT2D eigenvalue weighted by molar-refractivity contribution is 0.0724. The SMILES string of the molecule is Cc1cc(C)c(C(=O)COCc2ccccc2Br)c(C)c1. The van der Waals surface area contributed by atoms with Gasteiger partial charge in [0.25, 0.3) is 0 Å². The summed E-state index contributed by atoms with van der Waals surface area (Å²) in [7, 11) is 0. The Morgan fingerprint density at radius 2 is 1.71 bits per heavy atom. The summed E-state index contributed by atoms with van der Waals surface area (Å²) in [4.78, 5) is 12.3. The van der Waals surface area contributed by atoms with Crippen LogP contribution in [0.25, 0.3) is 0 Å². The average Bonchev–Trinajstić information content (AvgIpc) is 2.39. The van der Waals surface area contributed by atoms with E-state index >= 15 is 0 Å². The Morgan fingerprint density at radius 3 is 2.33 bits per heavy atom. The third kappa shape index (κ3) is 4.02. The molecule has 0 aliphatic rings. The number of halogens is 1. The van der Waals surface area contributed by atoms with Crippen LogP contribution < -0.4 is 0 Å². The molecule has 3 heteroatoms. The number of carbonyl (C=O) groups is 1. The summed E-state index contributed by atoms with van der Waals surface area (Å²) in [6.45, 7) is 6.52. The Kier molecular flexibility index (Phi) is 5.32. The second kappa shape index (κ2) is 7.01. The lowest BCUT2D eigenvalue weighted by Gasteiger charge is -2.11. The van der Waals surface area contributed by atoms with Gasteiger partial charge in [0.15, 0.2) is 5.78 Å². The van der Waals surface area contributed by atoms with Crippen molar-refractivity contribution in [1.82, 2.24) is 0 Å². The van der Waals surface area contributed by atoms with E-state index in [-0.39, 0.29) is 12.4 Å². The Labute approximate surface area is 134 Å². The van der Waals surface area contributed by atoms with Crippen LogP contribution in [0.4, 0.5) is 0 Å². The largest absolute Gasteiger partial charge is 0.369 e. The van der Waals surface area contributed by atoms with Crippen molar-refractivity contribution in [3.63, 3.8) is 0 Å². The predicted octanol–water partition coefficient (Wildman–Crippen LogP) is 4.77. The molecule has 0 amide bonds. The van der Waals surface area contributed by atoms with E-state index in [1.165, 1.54) is 5.56 Å². The Bertz CT molecular complexity index is 639. The van der Waals surface area contributed by atoms with Gasteiger partial charge in [-0.3, -0.25) is 4.79 Å². The van der Waals surface area contributed by atoms with Crippen molar-refractivity contribution in [3.05, 3.63) is 68.7 Å². The topological polar surface area (TPSA) is 26.3 Å². The number of hydrogen-bond donors (Lipinski definition) is 0. The molecule has 0 aliphatic carbocycles. The van der Waals surface area contributed by atoms with Crippen LogP contribution in [0.5, 0.6) is 0 Å². The van der Waals surface area contributed by atoms with Crippen molar-refractivity contribution in [2.45, 2.75) is 27.4 Å². The molecule has 0 aromatic heterocycles. The highest BCUT2D eigenvalue weighted by molar-refractivity contribution is 9.10. The third-order valence-corrected chi connectivity index (χ3v) is 4.18. The van der Waals surface area contributed by atoms with Gasteiger partial charge in [-0.2, -0.15) is 0 Å². The average molecular weight is 347 g/mol. The number of benzene rings is 2. The highest BCUT2D eigenvalue weighted by atomic mass is 79.9. The van der Waals surface area contributed by atoms with E-state index in [0.29, 0.717) is 6.61 Å². The molecule has 0 saturated carbocycles. The van der Waals surface area contributed by atoms with Crippen molar-refractivity contribution in [1.29, 1.82) is 0 Å². The van der Waals surface area contributed by atoms with Gasteiger partial charge in [0, 0.05) is 10.0 Å². The molecule has 0 bridgehead atoms. The summed E-state index contributed by atoms with van der Waals surface area (Å²) in [6.07, 6.45) is 0. The maximum Gasteiger partial charge on any atom is 0.189 e. The maximum atomic E-state index is 12.3. The minimum absolute atomic E-state index is 0.0389. The fourth-order valence-electron chi connectivity index (χ4n) is 2.56. The van der Waals surface area contributed by atoms with Crippen molar-refractivity contribution in [2.24, 2.45) is 0 Å². The predicted molar refractivity (Wildman–Crippen MR) is 88.8 cm³/mol. The molecule has 0 aliphatic heterocycles. The Hall–Kier alpha value is -1.45. The van der Waals surface area contributed by atoms with Crippen LogP contribution >= 0.6 is 15.9 Å². The van der Waals surface area contributed by atoms with Gasteiger partial charge in [-0.25, -0.2) is 0 Å². The smallest absolute Gasteiger partial charge is 0.189 e. The van der Waals surface area contributed by atoms with E-state index in [9.17, 15) is 4.79 Å². The lowest BCUT2D eigenvalue weighted by Crippen LogP contribution is -2.12. The summed E-state index contributed by atoms with van der Waals surface area (Å²) in [5.41, 5.74) is 5.04. The standard InChI is InChI=1S/C18H19BrO2/c1-12-8-13(2)18(14(3)9-12)17(20)11-21-10-15-6-4-5-7-16(15)19/h4-9H,10-11H2,1-3H3. The number of Topliss-reactive ketones (excluding diaryl/α,β-unsaturated/α-hetero) is 1. The van der Waals surface area contributed by atoms with Gasteiger partial charge in [-0.05, 0) is 43.5 Å². The molecule has 2 rings (SSSR count). The number of rotatable bonds is 5. The minimum atomic E-state index is 0.0389. The second-order valence-electron chi connectivity index (χ2n) is 5.28. The fraction of sp³-hybridized carbons (Fsp3) is 0.278. The van der Waals surface area contributed by atoms with Crippen molar-refractivity contribution in [3.8, 4) is 0 Å². The second-order valence-corrected chi connectivity index (χ2v) is 6.14. The van der Waals surface area contributed by atoms with Gasteiger partial charge in [0.1, 0.15) is 6.61 Å².